The predicted octanol–water partition coefficient (Wildman–Crippen LogP) is 0.461. The summed E-state index contributed by atoms with van der Waals surface area (Å²) < 4.78 is 40.4. The van der Waals surface area contributed by atoms with Crippen LogP contribution < -0.4 is 5.73 Å². The number of sulfonamides is 1. The van der Waals surface area contributed by atoms with E-state index in [1.807, 2.05) is 0 Å². The molecular formula is C11H15ClN4O3S2. The number of hydrogen-bond acceptors (Lipinski definition) is 7. The standard InChI is InChI=1S/C11H14N4O3S2.ClH/c12-6-8-7-15(4-5-18-8)20(16,17)10-3-1-2-9-11(10)14-19-13-9;/h1-3,8H,4-7,12H2;1H. The van der Waals surface area contributed by atoms with Crippen LogP contribution in [0.1, 0.15) is 0 Å². The highest BCUT2D eigenvalue weighted by Gasteiger charge is 2.32. The van der Waals surface area contributed by atoms with Crippen molar-refractivity contribution < 1.29 is 13.2 Å². The fraction of sp³-hybridized carbons (Fsp3) is 0.455. The van der Waals surface area contributed by atoms with Crippen LogP contribution in [0.2, 0.25) is 0 Å². The van der Waals surface area contributed by atoms with E-state index in [-0.39, 0.29) is 30.0 Å². The van der Waals surface area contributed by atoms with Gasteiger partial charge in [0.1, 0.15) is 15.9 Å². The molecule has 7 nitrogen and oxygen atoms in total. The smallest absolute Gasteiger partial charge is 0.245 e. The molecule has 2 aromatic rings. The topological polar surface area (TPSA) is 98.4 Å². The van der Waals surface area contributed by atoms with E-state index in [0.717, 1.165) is 11.7 Å². The molecule has 10 heteroatoms. The maximum atomic E-state index is 12.7. The van der Waals surface area contributed by atoms with Crippen LogP contribution >= 0.6 is 24.1 Å². The third-order valence-corrected chi connectivity index (χ3v) is 5.67. The lowest BCUT2D eigenvalue weighted by Gasteiger charge is -2.31. The fourth-order valence-corrected chi connectivity index (χ4v) is 4.39. The molecule has 1 aliphatic rings. The van der Waals surface area contributed by atoms with E-state index in [9.17, 15) is 8.42 Å². The molecular weight excluding hydrogens is 336 g/mol. The van der Waals surface area contributed by atoms with Gasteiger partial charge in [-0.25, -0.2) is 8.42 Å². The van der Waals surface area contributed by atoms with Crippen LogP contribution in [0.4, 0.5) is 0 Å². The van der Waals surface area contributed by atoms with Gasteiger partial charge in [-0.3, -0.25) is 0 Å². The Bertz CT molecular complexity index is 721. The first-order chi connectivity index (χ1) is 9.63. The monoisotopic (exact) mass is 350 g/mol. The number of morpholine rings is 1. The van der Waals surface area contributed by atoms with Gasteiger partial charge >= 0.3 is 0 Å². The van der Waals surface area contributed by atoms with Gasteiger partial charge in [0, 0.05) is 19.6 Å². The molecule has 1 unspecified atom stereocenters. The van der Waals surface area contributed by atoms with Crippen molar-refractivity contribution in [2.75, 3.05) is 26.2 Å². The van der Waals surface area contributed by atoms with Crippen molar-refractivity contribution in [1.29, 1.82) is 0 Å². The molecule has 0 aliphatic carbocycles. The first-order valence-corrected chi connectivity index (χ1v) is 8.33. The van der Waals surface area contributed by atoms with Gasteiger partial charge in [0.25, 0.3) is 0 Å². The Labute approximate surface area is 132 Å². The van der Waals surface area contributed by atoms with Crippen molar-refractivity contribution in [2.24, 2.45) is 5.73 Å². The zero-order chi connectivity index (χ0) is 14.2. The number of ether oxygens (including phenoxy) is 1. The third-order valence-electron chi connectivity index (χ3n) is 3.23. The number of nitrogens with zero attached hydrogens (tertiary/aromatic N) is 3. The van der Waals surface area contributed by atoms with Crippen molar-refractivity contribution >= 4 is 45.2 Å². The minimum atomic E-state index is -3.60. The van der Waals surface area contributed by atoms with E-state index in [2.05, 4.69) is 8.75 Å². The summed E-state index contributed by atoms with van der Waals surface area (Å²) in [5.41, 5.74) is 6.58. The molecule has 1 saturated heterocycles. The normalized spacial score (nSPS) is 20.3. The van der Waals surface area contributed by atoms with Crippen LogP contribution in [-0.2, 0) is 14.8 Å². The number of hydrogen-bond donors (Lipinski definition) is 1. The average Bonchev–Trinajstić information content (AvgIpc) is 2.95. The Morgan fingerprint density at radius 3 is 3.00 bits per heavy atom. The van der Waals surface area contributed by atoms with Crippen molar-refractivity contribution in [3.8, 4) is 0 Å². The van der Waals surface area contributed by atoms with E-state index in [1.165, 1.54) is 4.31 Å². The van der Waals surface area contributed by atoms with Gasteiger partial charge in [0.2, 0.25) is 10.0 Å². The first-order valence-electron chi connectivity index (χ1n) is 6.16. The quantitative estimate of drug-likeness (QED) is 0.863. The van der Waals surface area contributed by atoms with Gasteiger partial charge < -0.3 is 10.5 Å². The summed E-state index contributed by atoms with van der Waals surface area (Å²) in [6, 6.07) is 4.99. The average molecular weight is 351 g/mol. The largest absolute Gasteiger partial charge is 0.374 e. The van der Waals surface area contributed by atoms with Gasteiger partial charge in [0.05, 0.1) is 24.4 Å². The minimum absolute atomic E-state index is 0. The first kappa shape index (κ1) is 16.5. The van der Waals surface area contributed by atoms with E-state index in [1.54, 1.807) is 18.2 Å². The molecule has 116 valence electrons. The second-order valence-corrected chi connectivity index (χ2v) is 6.91. The molecule has 0 amide bonds. The SMILES string of the molecule is Cl.NCC1CN(S(=O)(=O)c2cccc3nsnc23)CCO1. The molecule has 0 bridgehead atoms. The minimum Gasteiger partial charge on any atom is -0.374 e. The van der Waals surface area contributed by atoms with Crippen molar-refractivity contribution in [3.05, 3.63) is 18.2 Å². The predicted molar refractivity (Wildman–Crippen MR) is 82.2 cm³/mol. The summed E-state index contributed by atoms with van der Waals surface area (Å²) >= 11 is 1.01. The highest BCUT2D eigenvalue weighted by atomic mass is 35.5. The number of halogens is 1. The lowest BCUT2D eigenvalue weighted by atomic mass is 10.3. The summed E-state index contributed by atoms with van der Waals surface area (Å²) in [6.45, 7) is 1.25. The number of aromatic nitrogens is 2. The van der Waals surface area contributed by atoms with Crippen LogP contribution in [0, 0.1) is 0 Å². The van der Waals surface area contributed by atoms with E-state index in [4.69, 9.17) is 10.5 Å². The molecule has 3 rings (SSSR count). The summed E-state index contributed by atoms with van der Waals surface area (Å²) in [6.07, 6.45) is -0.258. The zero-order valence-corrected chi connectivity index (χ0v) is 13.5. The molecule has 1 aliphatic heterocycles. The van der Waals surface area contributed by atoms with E-state index in [0.29, 0.717) is 30.7 Å². The van der Waals surface area contributed by atoms with Gasteiger partial charge in [-0.15, -0.1) is 12.4 Å². The maximum Gasteiger partial charge on any atom is 0.245 e. The molecule has 1 atom stereocenters. The van der Waals surface area contributed by atoms with Crippen molar-refractivity contribution in [2.45, 2.75) is 11.0 Å². The highest BCUT2D eigenvalue weighted by Crippen LogP contribution is 2.25. The lowest BCUT2D eigenvalue weighted by Crippen LogP contribution is -2.48. The number of rotatable bonds is 3. The number of benzene rings is 1. The van der Waals surface area contributed by atoms with Gasteiger partial charge in [-0.2, -0.15) is 13.1 Å². The highest BCUT2D eigenvalue weighted by molar-refractivity contribution is 7.89. The molecule has 0 radical (unpaired) electrons. The second kappa shape index (κ2) is 6.51. The van der Waals surface area contributed by atoms with Crippen molar-refractivity contribution in [3.63, 3.8) is 0 Å². The van der Waals surface area contributed by atoms with E-state index >= 15 is 0 Å². The Morgan fingerprint density at radius 1 is 1.43 bits per heavy atom. The zero-order valence-electron chi connectivity index (χ0n) is 11.0. The molecule has 0 spiro atoms. The van der Waals surface area contributed by atoms with Crippen LogP contribution in [0.25, 0.3) is 11.0 Å². The Kier molecular flexibility index (Phi) is 5.12. The van der Waals surface area contributed by atoms with E-state index < -0.39 is 10.0 Å². The Balaban J connectivity index is 0.00000161. The van der Waals surface area contributed by atoms with Crippen LogP contribution in [-0.4, -0.2) is 53.8 Å². The summed E-state index contributed by atoms with van der Waals surface area (Å²) in [7, 11) is -3.60. The van der Waals surface area contributed by atoms with Gasteiger partial charge in [-0.05, 0) is 12.1 Å². The van der Waals surface area contributed by atoms with Crippen LogP contribution in [0.3, 0.4) is 0 Å². The Hall–Kier alpha value is -0.840. The molecule has 21 heavy (non-hydrogen) atoms. The molecule has 2 heterocycles. The molecule has 0 saturated carbocycles. The lowest BCUT2D eigenvalue weighted by molar-refractivity contribution is 0.00453. The van der Waals surface area contributed by atoms with Gasteiger partial charge in [-0.1, -0.05) is 6.07 Å². The summed E-state index contributed by atoms with van der Waals surface area (Å²) in [5, 5.41) is 0. The second-order valence-electron chi connectivity index (χ2n) is 4.48. The van der Waals surface area contributed by atoms with Gasteiger partial charge in [0.15, 0.2) is 0 Å². The number of fused-ring (bicyclic) bond motifs is 1. The maximum absolute atomic E-state index is 12.7. The van der Waals surface area contributed by atoms with Crippen molar-refractivity contribution in [1.82, 2.24) is 13.1 Å². The number of nitrogens with two attached hydrogens (primary N) is 1. The molecule has 2 N–H and O–H groups in total. The molecule has 1 aromatic heterocycles. The molecule has 1 aromatic carbocycles. The van der Waals surface area contributed by atoms with Crippen LogP contribution in [0.5, 0.6) is 0 Å². The summed E-state index contributed by atoms with van der Waals surface area (Å²) in [5.74, 6) is 0. The van der Waals surface area contributed by atoms with Crippen LogP contribution in [0.15, 0.2) is 23.1 Å². The third kappa shape index (κ3) is 3.03. The molecule has 1 fully saturated rings. The Morgan fingerprint density at radius 2 is 2.24 bits per heavy atom. The summed E-state index contributed by atoms with van der Waals surface area (Å²) in [4.78, 5) is 0.196. The fourth-order valence-electron chi connectivity index (χ4n) is 2.18.